The number of anilines is 1. The Bertz CT molecular complexity index is 1380. The molecule has 0 bridgehead atoms. The normalized spacial score (nSPS) is 10.8. The monoisotopic (exact) mass is 420 g/mol. The molecule has 0 radical (unpaired) electrons. The number of aromatic nitrogens is 3. The second-order valence-corrected chi connectivity index (χ2v) is 7.21. The van der Waals surface area contributed by atoms with Gasteiger partial charge in [-0.2, -0.15) is 9.97 Å². The van der Waals surface area contributed by atoms with E-state index < -0.39 is 5.69 Å². The van der Waals surface area contributed by atoms with Crippen LogP contribution in [-0.4, -0.2) is 14.5 Å². The molecule has 6 nitrogen and oxygen atoms in total. The lowest BCUT2D eigenvalue weighted by molar-refractivity contribution is 0.588. The van der Waals surface area contributed by atoms with Crippen LogP contribution >= 0.6 is 0 Å². The number of benzene rings is 3. The fourth-order valence-corrected chi connectivity index (χ4v) is 3.41. The summed E-state index contributed by atoms with van der Waals surface area (Å²) >= 11 is 0. The molecule has 2 heterocycles. The third kappa shape index (κ3) is 4.06. The second kappa shape index (κ2) is 8.73. The summed E-state index contributed by atoms with van der Waals surface area (Å²) in [7, 11) is 0. The quantitative estimate of drug-likeness (QED) is 0.410. The lowest BCUT2D eigenvalue weighted by atomic mass is 10.2. The van der Waals surface area contributed by atoms with Crippen LogP contribution in [0.1, 0.15) is 5.56 Å². The minimum atomic E-state index is -0.437. The molecule has 0 aliphatic heterocycles. The molecule has 32 heavy (non-hydrogen) atoms. The van der Waals surface area contributed by atoms with Crippen molar-refractivity contribution in [3.05, 3.63) is 119 Å². The topological polar surface area (TPSA) is 73.0 Å². The Kier molecular flexibility index (Phi) is 5.32. The van der Waals surface area contributed by atoms with Gasteiger partial charge in [0.1, 0.15) is 5.82 Å². The van der Waals surface area contributed by atoms with Crippen LogP contribution in [0.15, 0.2) is 112 Å². The van der Waals surface area contributed by atoms with Crippen molar-refractivity contribution in [3.8, 4) is 28.6 Å². The van der Waals surface area contributed by atoms with E-state index in [-0.39, 0.29) is 0 Å². The summed E-state index contributed by atoms with van der Waals surface area (Å²) in [6.45, 7) is 0.578. The van der Waals surface area contributed by atoms with E-state index in [9.17, 15) is 4.79 Å². The standard InChI is InChI=1S/C26H20N4O2/c31-26-28-22(27-18-19-10-4-1-5-11-19)16-17-30(26)24-23(20-12-6-2-7-13-20)32-25(29-24)21-14-8-3-9-15-21/h1-17H,18H2,(H,27,28,31). The molecule has 156 valence electrons. The van der Waals surface area contributed by atoms with Crippen molar-refractivity contribution in [1.29, 1.82) is 0 Å². The highest BCUT2D eigenvalue weighted by atomic mass is 16.4. The van der Waals surface area contributed by atoms with Gasteiger partial charge in [0.25, 0.3) is 0 Å². The zero-order chi connectivity index (χ0) is 21.8. The predicted octanol–water partition coefficient (Wildman–Crippen LogP) is 5.17. The van der Waals surface area contributed by atoms with E-state index in [2.05, 4.69) is 15.3 Å². The first-order valence-corrected chi connectivity index (χ1v) is 10.3. The van der Waals surface area contributed by atoms with Gasteiger partial charge in [0.2, 0.25) is 5.89 Å². The number of oxazole rings is 1. The zero-order valence-electron chi connectivity index (χ0n) is 17.2. The van der Waals surface area contributed by atoms with E-state index in [0.717, 1.165) is 16.7 Å². The molecule has 2 aromatic heterocycles. The highest BCUT2D eigenvalue weighted by molar-refractivity contribution is 5.68. The molecule has 3 aromatic carbocycles. The maximum absolute atomic E-state index is 12.9. The van der Waals surface area contributed by atoms with E-state index in [0.29, 0.717) is 29.8 Å². The van der Waals surface area contributed by atoms with Crippen LogP contribution in [0.4, 0.5) is 5.82 Å². The van der Waals surface area contributed by atoms with Crippen molar-refractivity contribution < 1.29 is 4.42 Å². The second-order valence-electron chi connectivity index (χ2n) is 7.21. The Labute approximate surface area is 184 Å². The molecule has 0 atom stereocenters. The maximum Gasteiger partial charge on any atom is 0.355 e. The van der Waals surface area contributed by atoms with Crippen LogP contribution in [0.5, 0.6) is 0 Å². The highest BCUT2D eigenvalue weighted by Gasteiger charge is 2.19. The van der Waals surface area contributed by atoms with E-state index in [1.807, 2.05) is 91.0 Å². The number of nitrogens with zero attached hydrogens (tertiary/aromatic N) is 3. The molecule has 5 aromatic rings. The van der Waals surface area contributed by atoms with Gasteiger partial charge >= 0.3 is 5.69 Å². The zero-order valence-corrected chi connectivity index (χ0v) is 17.2. The van der Waals surface area contributed by atoms with Crippen molar-refractivity contribution in [1.82, 2.24) is 14.5 Å². The molecule has 0 saturated carbocycles. The average Bonchev–Trinajstić information content (AvgIpc) is 3.30. The minimum Gasteiger partial charge on any atom is -0.434 e. The summed E-state index contributed by atoms with van der Waals surface area (Å²) < 4.78 is 7.53. The predicted molar refractivity (Wildman–Crippen MR) is 125 cm³/mol. The Balaban J connectivity index is 1.52. The van der Waals surface area contributed by atoms with Gasteiger partial charge in [0, 0.05) is 23.9 Å². The third-order valence-corrected chi connectivity index (χ3v) is 5.01. The molecular weight excluding hydrogens is 400 g/mol. The first-order chi connectivity index (χ1) is 15.8. The molecule has 6 heteroatoms. The van der Waals surface area contributed by atoms with Gasteiger partial charge in [-0.05, 0) is 23.8 Å². The number of hydrogen-bond donors (Lipinski definition) is 1. The maximum atomic E-state index is 12.9. The highest BCUT2D eigenvalue weighted by Crippen LogP contribution is 2.31. The summed E-state index contributed by atoms with van der Waals surface area (Å²) in [4.78, 5) is 21.8. The van der Waals surface area contributed by atoms with Crippen LogP contribution in [0.25, 0.3) is 28.6 Å². The molecule has 5 rings (SSSR count). The van der Waals surface area contributed by atoms with E-state index in [4.69, 9.17) is 4.42 Å². The van der Waals surface area contributed by atoms with Gasteiger partial charge in [-0.25, -0.2) is 9.36 Å². The van der Waals surface area contributed by atoms with Gasteiger partial charge in [0.15, 0.2) is 11.6 Å². The Hall–Kier alpha value is -4.45. The third-order valence-electron chi connectivity index (χ3n) is 5.01. The fourth-order valence-electron chi connectivity index (χ4n) is 3.41. The van der Waals surface area contributed by atoms with Crippen LogP contribution in [-0.2, 0) is 6.54 Å². The number of hydrogen-bond acceptors (Lipinski definition) is 5. The number of rotatable bonds is 6. The van der Waals surface area contributed by atoms with E-state index in [1.54, 1.807) is 12.3 Å². The van der Waals surface area contributed by atoms with Crippen molar-refractivity contribution in [3.63, 3.8) is 0 Å². The first kappa shape index (κ1) is 19.5. The lowest BCUT2D eigenvalue weighted by Gasteiger charge is -2.07. The van der Waals surface area contributed by atoms with Gasteiger partial charge in [-0.3, -0.25) is 0 Å². The molecule has 0 unspecified atom stereocenters. The molecule has 0 aliphatic carbocycles. The van der Waals surface area contributed by atoms with Crippen LogP contribution < -0.4 is 11.0 Å². The fraction of sp³-hybridized carbons (Fsp3) is 0.0385. The van der Waals surface area contributed by atoms with Gasteiger partial charge in [0.05, 0.1) is 0 Å². The molecule has 0 amide bonds. The van der Waals surface area contributed by atoms with Crippen LogP contribution in [0, 0.1) is 0 Å². The van der Waals surface area contributed by atoms with Crippen molar-refractivity contribution >= 4 is 5.82 Å². The lowest BCUT2D eigenvalue weighted by Crippen LogP contribution is -2.22. The molecule has 1 N–H and O–H groups in total. The molecule has 0 saturated heterocycles. The van der Waals surface area contributed by atoms with Crippen molar-refractivity contribution in [2.75, 3.05) is 5.32 Å². The summed E-state index contributed by atoms with van der Waals surface area (Å²) in [6.07, 6.45) is 1.67. The van der Waals surface area contributed by atoms with Gasteiger partial charge in [-0.15, -0.1) is 0 Å². The summed E-state index contributed by atoms with van der Waals surface area (Å²) in [5.74, 6) is 1.86. The molecule has 0 aliphatic rings. The van der Waals surface area contributed by atoms with Crippen LogP contribution in [0.3, 0.4) is 0 Å². The molecule has 0 fully saturated rings. The SMILES string of the molecule is O=c1nc(NCc2ccccc2)ccn1-c1nc(-c2ccccc2)oc1-c1ccccc1. The summed E-state index contributed by atoms with van der Waals surface area (Å²) in [5, 5.41) is 3.19. The minimum absolute atomic E-state index is 0.405. The van der Waals surface area contributed by atoms with Crippen LogP contribution in [0.2, 0.25) is 0 Å². The molecule has 0 spiro atoms. The van der Waals surface area contributed by atoms with Crippen molar-refractivity contribution in [2.45, 2.75) is 6.54 Å². The number of nitrogens with one attached hydrogen (secondary N) is 1. The largest absolute Gasteiger partial charge is 0.434 e. The first-order valence-electron chi connectivity index (χ1n) is 10.3. The smallest absolute Gasteiger partial charge is 0.355 e. The van der Waals surface area contributed by atoms with E-state index in [1.165, 1.54) is 4.57 Å². The Morgan fingerprint density at radius 3 is 2.03 bits per heavy atom. The summed E-state index contributed by atoms with van der Waals surface area (Å²) in [5.41, 5.74) is 2.33. The Morgan fingerprint density at radius 2 is 1.38 bits per heavy atom. The Morgan fingerprint density at radius 1 is 0.750 bits per heavy atom. The van der Waals surface area contributed by atoms with Crippen molar-refractivity contribution in [2.24, 2.45) is 0 Å². The summed E-state index contributed by atoms with van der Waals surface area (Å²) in [6, 6.07) is 30.9. The van der Waals surface area contributed by atoms with Gasteiger partial charge < -0.3 is 9.73 Å². The van der Waals surface area contributed by atoms with Gasteiger partial charge in [-0.1, -0.05) is 78.9 Å². The molecular formula is C26H20N4O2. The van der Waals surface area contributed by atoms with E-state index >= 15 is 0 Å². The average molecular weight is 420 g/mol.